The number of nitrogens with one attached hydrogen (secondary N) is 1. The molecule has 38 heavy (non-hydrogen) atoms. The normalized spacial score (nSPS) is 10.9. The van der Waals surface area contributed by atoms with Crippen LogP contribution in [0, 0.1) is 0 Å². The summed E-state index contributed by atoms with van der Waals surface area (Å²) in [5, 5.41) is 13.4. The maximum Gasteiger partial charge on any atom is 0.250 e. The molecule has 1 amide bonds. The van der Waals surface area contributed by atoms with Crippen LogP contribution in [0.25, 0.3) is 17.1 Å². The van der Waals surface area contributed by atoms with Crippen LogP contribution >= 0.6 is 11.8 Å². The number of hydrazone groups is 1. The lowest BCUT2D eigenvalue weighted by molar-refractivity contribution is -0.118. The Balaban J connectivity index is 1.46. The van der Waals surface area contributed by atoms with Crippen LogP contribution in [0.15, 0.2) is 83.1 Å². The molecule has 0 radical (unpaired) electrons. The summed E-state index contributed by atoms with van der Waals surface area (Å²) in [6.07, 6.45) is 2.54. The number of amides is 1. The molecule has 196 valence electrons. The van der Waals surface area contributed by atoms with Gasteiger partial charge in [-0.25, -0.2) is 5.43 Å². The van der Waals surface area contributed by atoms with Crippen molar-refractivity contribution in [1.29, 1.82) is 0 Å². The van der Waals surface area contributed by atoms with E-state index in [1.807, 2.05) is 77.4 Å². The highest BCUT2D eigenvalue weighted by Crippen LogP contribution is 2.34. The predicted octanol–water partition coefficient (Wildman–Crippen LogP) is 4.98. The number of thioether (sulfide) groups is 1. The zero-order valence-corrected chi connectivity index (χ0v) is 22.3. The fourth-order valence-electron chi connectivity index (χ4n) is 3.55. The molecule has 3 aromatic carbocycles. The number of methoxy groups -OCH3 is 2. The number of aromatic nitrogens is 3. The zero-order valence-electron chi connectivity index (χ0n) is 21.5. The summed E-state index contributed by atoms with van der Waals surface area (Å²) in [6.45, 7) is 2.74. The molecule has 0 saturated heterocycles. The second-order valence-electron chi connectivity index (χ2n) is 8.05. The topological polar surface area (TPSA) is 99.9 Å². The minimum atomic E-state index is -0.260. The first-order valence-corrected chi connectivity index (χ1v) is 13.0. The number of carbonyl (C=O) groups excluding carboxylic acids is 1. The van der Waals surface area contributed by atoms with Gasteiger partial charge in [0.25, 0.3) is 5.91 Å². The summed E-state index contributed by atoms with van der Waals surface area (Å²) in [6, 6.07) is 22.8. The van der Waals surface area contributed by atoms with Crippen molar-refractivity contribution in [1.82, 2.24) is 20.2 Å². The van der Waals surface area contributed by atoms with Crippen molar-refractivity contribution in [3.05, 3.63) is 78.4 Å². The average molecular weight is 532 g/mol. The lowest BCUT2D eigenvalue weighted by atomic mass is 10.2. The Morgan fingerprint density at radius 2 is 1.76 bits per heavy atom. The molecule has 1 N–H and O–H groups in total. The molecular weight excluding hydrogens is 502 g/mol. The van der Waals surface area contributed by atoms with E-state index < -0.39 is 0 Å². The molecule has 10 heteroatoms. The van der Waals surface area contributed by atoms with Crippen LogP contribution in [0.1, 0.15) is 18.9 Å². The molecule has 1 heterocycles. The minimum absolute atomic E-state index is 0.109. The van der Waals surface area contributed by atoms with Crippen molar-refractivity contribution < 1.29 is 19.0 Å². The molecule has 4 aromatic rings. The Kier molecular flexibility index (Phi) is 9.36. The van der Waals surface area contributed by atoms with Crippen molar-refractivity contribution in [2.24, 2.45) is 5.10 Å². The summed E-state index contributed by atoms with van der Waals surface area (Å²) in [4.78, 5) is 12.5. The Morgan fingerprint density at radius 3 is 2.47 bits per heavy atom. The highest BCUT2D eigenvalue weighted by atomic mass is 32.2. The third-order valence-corrected chi connectivity index (χ3v) is 6.31. The first-order valence-electron chi connectivity index (χ1n) is 12.0. The fraction of sp³-hybridized carbons (Fsp3) is 0.214. The lowest BCUT2D eigenvalue weighted by Gasteiger charge is -2.12. The molecule has 0 spiro atoms. The third kappa shape index (κ3) is 6.71. The van der Waals surface area contributed by atoms with E-state index in [1.165, 1.54) is 11.8 Å². The van der Waals surface area contributed by atoms with Gasteiger partial charge in [0.1, 0.15) is 5.75 Å². The molecule has 0 atom stereocenters. The van der Waals surface area contributed by atoms with Crippen molar-refractivity contribution >= 4 is 23.9 Å². The first kappa shape index (κ1) is 26.7. The van der Waals surface area contributed by atoms with Crippen LogP contribution in [0.4, 0.5) is 0 Å². The summed E-state index contributed by atoms with van der Waals surface area (Å²) in [7, 11) is 3.18. The number of hydrogen-bond donors (Lipinski definition) is 1. The van der Waals surface area contributed by atoms with E-state index in [0.29, 0.717) is 29.1 Å². The van der Waals surface area contributed by atoms with Gasteiger partial charge in [-0.2, -0.15) is 5.10 Å². The van der Waals surface area contributed by atoms with E-state index in [2.05, 4.69) is 27.6 Å². The van der Waals surface area contributed by atoms with E-state index in [1.54, 1.807) is 20.4 Å². The van der Waals surface area contributed by atoms with Gasteiger partial charge in [-0.3, -0.25) is 9.36 Å². The number of ether oxygens (including phenoxy) is 3. The van der Waals surface area contributed by atoms with Crippen LogP contribution in [0.3, 0.4) is 0 Å². The van der Waals surface area contributed by atoms with Gasteiger partial charge in [0.2, 0.25) is 0 Å². The second-order valence-corrected chi connectivity index (χ2v) is 8.99. The summed E-state index contributed by atoms with van der Waals surface area (Å²) in [5.74, 6) is 2.47. The number of rotatable bonds is 12. The van der Waals surface area contributed by atoms with E-state index in [0.717, 1.165) is 29.0 Å². The molecule has 1 aromatic heterocycles. The zero-order chi connectivity index (χ0) is 26.7. The van der Waals surface area contributed by atoms with Gasteiger partial charge in [0.15, 0.2) is 22.5 Å². The molecular formula is C28H29N5O4S. The van der Waals surface area contributed by atoms with E-state index in [4.69, 9.17) is 14.2 Å². The van der Waals surface area contributed by atoms with Crippen molar-refractivity contribution in [3.63, 3.8) is 0 Å². The van der Waals surface area contributed by atoms with Crippen LogP contribution in [0.5, 0.6) is 17.2 Å². The smallest absolute Gasteiger partial charge is 0.250 e. The Bertz CT molecular complexity index is 1370. The molecule has 0 saturated carbocycles. The Morgan fingerprint density at radius 1 is 1.00 bits per heavy atom. The standard InChI is InChI=1S/C28H29N5O4S/c1-4-16-37-23-13-10-20(11-14-23)18-29-30-26(34)19-38-28-32-31-27(33(28)22-8-6-5-7-9-22)21-12-15-24(35-2)25(17-21)36-3/h5-15,17-18H,4,16,19H2,1-3H3,(H,30,34)/b29-18+. The van der Waals surface area contributed by atoms with Gasteiger partial charge in [0, 0.05) is 11.3 Å². The van der Waals surface area contributed by atoms with Crippen LogP contribution in [-0.2, 0) is 4.79 Å². The Hall–Kier alpha value is -4.31. The lowest BCUT2D eigenvalue weighted by Crippen LogP contribution is -2.20. The van der Waals surface area contributed by atoms with Gasteiger partial charge in [-0.05, 0) is 66.6 Å². The van der Waals surface area contributed by atoms with Gasteiger partial charge in [0.05, 0.1) is 32.8 Å². The highest BCUT2D eigenvalue weighted by Gasteiger charge is 2.18. The van der Waals surface area contributed by atoms with Crippen molar-refractivity contribution in [2.75, 3.05) is 26.6 Å². The van der Waals surface area contributed by atoms with Crippen LogP contribution in [-0.4, -0.2) is 53.5 Å². The fourth-order valence-corrected chi connectivity index (χ4v) is 4.29. The van der Waals surface area contributed by atoms with E-state index >= 15 is 0 Å². The average Bonchev–Trinajstić information content (AvgIpc) is 3.39. The van der Waals surface area contributed by atoms with E-state index in [-0.39, 0.29) is 11.7 Å². The molecule has 0 fully saturated rings. The molecule has 0 aliphatic heterocycles. The molecule has 0 aliphatic carbocycles. The van der Waals surface area contributed by atoms with Gasteiger partial charge in [-0.1, -0.05) is 36.9 Å². The predicted molar refractivity (Wildman–Crippen MR) is 149 cm³/mol. The number of para-hydroxylation sites is 1. The number of carbonyl (C=O) groups is 1. The largest absolute Gasteiger partial charge is 0.494 e. The molecule has 0 aliphatic rings. The van der Waals surface area contributed by atoms with Gasteiger partial charge < -0.3 is 14.2 Å². The molecule has 0 unspecified atom stereocenters. The maximum absolute atomic E-state index is 12.5. The van der Waals surface area contributed by atoms with Crippen LogP contribution < -0.4 is 19.6 Å². The first-order chi connectivity index (χ1) is 18.6. The van der Waals surface area contributed by atoms with Gasteiger partial charge in [-0.15, -0.1) is 10.2 Å². The quantitative estimate of drug-likeness (QED) is 0.156. The minimum Gasteiger partial charge on any atom is -0.494 e. The van der Waals surface area contributed by atoms with Crippen molar-refractivity contribution in [3.8, 4) is 34.3 Å². The number of benzene rings is 3. The summed E-state index contributed by atoms with van der Waals surface area (Å²) >= 11 is 1.27. The third-order valence-electron chi connectivity index (χ3n) is 5.38. The number of hydrogen-bond acceptors (Lipinski definition) is 8. The monoisotopic (exact) mass is 531 g/mol. The molecule has 9 nitrogen and oxygen atoms in total. The SMILES string of the molecule is CCCOc1ccc(/C=N/NC(=O)CSc2nnc(-c3ccc(OC)c(OC)c3)n2-c2ccccc2)cc1. The second kappa shape index (κ2) is 13.3. The summed E-state index contributed by atoms with van der Waals surface area (Å²) in [5.41, 5.74) is 5.09. The van der Waals surface area contributed by atoms with E-state index in [9.17, 15) is 4.79 Å². The number of nitrogens with zero attached hydrogens (tertiary/aromatic N) is 4. The summed E-state index contributed by atoms with van der Waals surface area (Å²) < 4.78 is 18.3. The maximum atomic E-state index is 12.5. The molecule has 0 bridgehead atoms. The Labute approximate surface area is 225 Å². The molecule has 4 rings (SSSR count). The van der Waals surface area contributed by atoms with Gasteiger partial charge >= 0.3 is 0 Å². The highest BCUT2D eigenvalue weighted by molar-refractivity contribution is 7.99. The van der Waals surface area contributed by atoms with Crippen LogP contribution in [0.2, 0.25) is 0 Å². The van der Waals surface area contributed by atoms with Crippen molar-refractivity contribution in [2.45, 2.75) is 18.5 Å².